The fourth-order valence-electron chi connectivity index (χ4n) is 2.55. The summed E-state index contributed by atoms with van der Waals surface area (Å²) in [4.78, 5) is 22.4. The van der Waals surface area contributed by atoms with Gasteiger partial charge in [0.2, 0.25) is 5.54 Å². The van der Waals surface area contributed by atoms with Crippen molar-refractivity contribution in [2.24, 2.45) is 11.8 Å². The number of methoxy groups -OCH3 is 1. The van der Waals surface area contributed by atoms with Gasteiger partial charge in [0.25, 0.3) is 0 Å². The lowest BCUT2D eigenvalue weighted by atomic mass is 9.70. The van der Waals surface area contributed by atoms with E-state index in [0.29, 0.717) is 6.42 Å². The first-order chi connectivity index (χ1) is 7.41. The lowest BCUT2D eigenvalue weighted by molar-refractivity contribution is -0.574. The van der Waals surface area contributed by atoms with Gasteiger partial charge in [-0.25, -0.2) is 0 Å². The Bertz CT molecular complexity index is 288. The predicted molar refractivity (Wildman–Crippen MR) is 58.5 cm³/mol. The highest BCUT2D eigenvalue weighted by atomic mass is 16.6. The summed E-state index contributed by atoms with van der Waals surface area (Å²) in [6.45, 7) is 3.19. The van der Waals surface area contributed by atoms with Crippen molar-refractivity contribution in [3.63, 3.8) is 0 Å². The second-order valence-electron chi connectivity index (χ2n) is 4.93. The Hall–Kier alpha value is -1.13. The molecule has 0 aromatic rings. The molecule has 2 unspecified atom stereocenters. The molecular formula is C11H19NO4. The largest absolute Gasteiger partial charge is 0.469 e. The second kappa shape index (κ2) is 4.80. The zero-order chi connectivity index (χ0) is 12.3. The van der Waals surface area contributed by atoms with Crippen molar-refractivity contribution in [3.8, 4) is 0 Å². The lowest BCUT2D eigenvalue weighted by Crippen LogP contribution is -2.47. The van der Waals surface area contributed by atoms with Crippen LogP contribution in [0.15, 0.2) is 0 Å². The first-order valence-electron chi connectivity index (χ1n) is 5.63. The molecule has 2 atom stereocenters. The maximum atomic E-state index is 11.6. The Morgan fingerprint density at radius 2 is 1.94 bits per heavy atom. The standard InChI is InChI=1S/C11H19NO4/c1-11(2,12(14)15)9-7-5-4-6-8(9)10(13)16-3/h8-9H,4-7H2,1-3H3. The van der Waals surface area contributed by atoms with Crippen molar-refractivity contribution in [3.05, 3.63) is 10.1 Å². The molecule has 1 rings (SSSR count). The van der Waals surface area contributed by atoms with Crippen LogP contribution in [0.2, 0.25) is 0 Å². The number of carbonyl (C=O) groups excluding carboxylic acids is 1. The first-order valence-corrected chi connectivity index (χ1v) is 5.63. The van der Waals surface area contributed by atoms with Gasteiger partial charge in [0.05, 0.1) is 13.0 Å². The second-order valence-corrected chi connectivity index (χ2v) is 4.93. The number of nitrogens with zero attached hydrogens (tertiary/aromatic N) is 1. The van der Waals surface area contributed by atoms with Crippen LogP contribution in [0.25, 0.3) is 0 Å². The van der Waals surface area contributed by atoms with Gasteiger partial charge in [0.15, 0.2) is 0 Å². The zero-order valence-electron chi connectivity index (χ0n) is 10.1. The number of esters is 1. The van der Waals surface area contributed by atoms with Gasteiger partial charge in [-0.2, -0.15) is 0 Å². The fraction of sp³-hybridized carbons (Fsp3) is 0.909. The van der Waals surface area contributed by atoms with Gasteiger partial charge in [-0.15, -0.1) is 0 Å². The highest BCUT2D eigenvalue weighted by molar-refractivity contribution is 5.72. The van der Waals surface area contributed by atoms with Crippen LogP contribution in [0.5, 0.6) is 0 Å². The van der Waals surface area contributed by atoms with Gasteiger partial charge in [0.1, 0.15) is 0 Å². The van der Waals surface area contributed by atoms with Crippen LogP contribution in [0.4, 0.5) is 0 Å². The van der Waals surface area contributed by atoms with Crippen LogP contribution >= 0.6 is 0 Å². The summed E-state index contributed by atoms with van der Waals surface area (Å²) in [5.74, 6) is -0.845. The van der Waals surface area contributed by atoms with E-state index in [0.717, 1.165) is 19.3 Å². The topological polar surface area (TPSA) is 69.4 Å². The minimum Gasteiger partial charge on any atom is -0.469 e. The number of nitro groups is 1. The SMILES string of the molecule is COC(=O)C1CCCCC1C(C)(C)[N+](=O)[O-]. The average Bonchev–Trinajstić information content (AvgIpc) is 2.27. The van der Waals surface area contributed by atoms with Crippen molar-refractivity contribution in [1.82, 2.24) is 0 Å². The molecule has 1 fully saturated rings. The maximum Gasteiger partial charge on any atom is 0.309 e. The van der Waals surface area contributed by atoms with E-state index in [1.807, 2.05) is 0 Å². The van der Waals surface area contributed by atoms with E-state index < -0.39 is 5.54 Å². The average molecular weight is 229 g/mol. The highest BCUT2D eigenvalue weighted by Crippen LogP contribution is 2.39. The van der Waals surface area contributed by atoms with Crippen molar-refractivity contribution in [2.45, 2.75) is 45.1 Å². The van der Waals surface area contributed by atoms with Crippen LogP contribution in [0.1, 0.15) is 39.5 Å². The minimum absolute atomic E-state index is 0.219. The minimum atomic E-state index is -1.06. The zero-order valence-corrected chi connectivity index (χ0v) is 10.1. The summed E-state index contributed by atoms with van der Waals surface area (Å²) in [6, 6.07) is 0. The van der Waals surface area contributed by atoms with E-state index in [2.05, 4.69) is 0 Å². The Kier molecular flexibility index (Phi) is 3.88. The molecule has 0 heterocycles. The molecule has 0 amide bonds. The maximum absolute atomic E-state index is 11.6. The third kappa shape index (κ3) is 2.33. The molecule has 0 spiro atoms. The van der Waals surface area contributed by atoms with Gasteiger partial charge in [-0.05, 0) is 12.8 Å². The molecule has 0 aromatic carbocycles. The molecule has 0 N–H and O–H groups in total. The molecule has 5 nitrogen and oxygen atoms in total. The van der Waals surface area contributed by atoms with E-state index in [4.69, 9.17) is 4.74 Å². The first kappa shape index (κ1) is 12.9. The summed E-state index contributed by atoms with van der Waals surface area (Å²) in [5, 5.41) is 11.0. The fourth-order valence-corrected chi connectivity index (χ4v) is 2.55. The molecule has 0 radical (unpaired) electrons. The van der Waals surface area contributed by atoms with E-state index in [9.17, 15) is 14.9 Å². The number of hydrogen-bond acceptors (Lipinski definition) is 4. The molecule has 0 saturated heterocycles. The molecular weight excluding hydrogens is 210 g/mol. The molecule has 0 aromatic heterocycles. The molecule has 5 heteroatoms. The molecule has 16 heavy (non-hydrogen) atoms. The lowest BCUT2D eigenvalue weighted by Gasteiger charge is -2.35. The van der Waals surface area contributed by atoms with Gasteiger partial charge in [-0.3, -0.25) is 14.9 Å². The van der Waals surface area contributed by atoms with Crippen LogP contribution in [0.3, 0.4) is 0 Å². The van der Waals surface area contributed by atoms with Gasteiger partial charge >= 0.3 is 5.97 Å². The van der Waals surface area contributed by atoms with Crippen molar-refractivity contribution < 1.29 is 14.5 Å². The number of carbonyl (C=O) groups is 1. The Morgan fingerprint density at radius 3 is 2.44 bits per heavy atom. The van der Waals surface area contributed by atoms with Crippen molar-refractivity contribution in [2.75, 3.05) is 7.11 Å². The van der Waals surface area contributed by atoms with E-state index in [1.54, 1.807) is 13.8 Å². The van der Waals surface area contributed by atoms with Gasteiger partial charge in [0, 0.05) is 24.7 Å². The Morgan fingerprint density at radius 1 is 1.38 bits per heavy atom. The monoisotopic (exact) mass is 229 g/mol. The molecule has 0 aliphatic heterocycles. The van der Waals surface area contributed by atoms with Crippen LogP contribution < -0.4 is 0 Å². The smallest absolute Gasteiger partial charge is 0.309 e. The number of ether oxygens (including phenoxy) is 1. The van der Waals surface area contributed by atoms with Crippen LogP contribution in [-0.2, 0) is 9.53 Å². The summed E-state index contributed by atoms with van der Waals surface area (Å²) >= 11 is 0. The summed E-state index contributed by atoms with van der Waals surface area (Å²) in [6.07, 6.45) is 3.34. The van der Waals surface area contributed by atoms with Gasteiger partial charge in [-0.1, -0.05) is 12.8 Å². The van der Waals surface area contributed by atoms with Crippen molar-refractivity contribution >= 4 is 5.97 Å². The summed E-state index contributed by atoms with van der Waals surface area (Å²) in [7, 11) is 1.34. The van der Waals surface area contributed by atoms with E-state index >= 15 is 0 Å². The van der Waals surface area contributed by atoms with Crippen molar-refractivity contribution in [1.29, 1.82) is 0 Å². The highest BCUT2D eigenvalue weighted by Gasteiger charge is 2.48. The third-order valence-electron chi connectivity index (χ3n) is 3.65. The normalized spacial score (nSPS) is 26.2. The predicted octanol–water partition coefficient (Wildman–Crippen LogP) is 2.02. The Labute approximate surface area is 95.3 Å². The Balaban J connectivity index is 2.90. The number of hydrogen-bond donors (Lipinski definition) is 0. The number of rotatable bonds is 3. The molecule has 1 aliphatic rings. The summed E-state index contributed by atoms with van der Waals surface area (Å²) < 4.78 is 4.73. The molecule has 1 aliphatic carbocycles. The van der Waals surface area contributed by atoms with Crippen LogP contribution in [-0.4, -0.2) is 23.5 Å². The molecule has 1 saturated carbocycles. The van der Waals surface area contributed by atoms with E-state index in [1.165, 1.54) is 7.11 Å². The van der Waals surface area contributed by atoms with Gasteiger partial charge < -0.3 is 4.74 Å². The molecule has 0 bridgehead atoms. The van der Waals surface area contributed by atoms with Crippen LogP contribution in [0, 0.1) is 22.0 Å². The third-order valence-corrected chi connectivity index (χ3v) is 3.65. The summed E-state index contributed by atoms with van der Waals surface area (Å²) in [5.41, 5.74) is -1.06. The molecule has 92 valence electrons. The quantitative estimate of drug-likeness (QED) is 0.421. The van der Waals surface area contributed by atoms with E-state index in [-0.39, 0.29) is 22.7 Å².